The topological polar surface area (TPSA) is 87.8 Å². The normalized spacial score (nSPS) is 10.6. The lowest BCUT2D eigenvalue weighted by molar-refractivity contribution is 0.0958. The highest BCUT2D eigenvalue weighted by Crippen LogP contribution is 2.16. The van der Waals surface area contributed by atoms with Crippen LogP contribution in [0.3, 0.4) is 0 Å². The summed E-state index contributed by atoms with van der Waals surface area (Å²) in [5.74, 6) is -0.698. The molecule has 0 aliphatic heterocycles. The van der Waals surface area contributed by atoms with Crippen molar-refractivity contribution in [3.63, 3.8) is 0 Å². The average molecular weight is 392 g/mol. The molecular weight excluding hydrogens is 371 g/mol. The summed E-state index contributed by atoms with van der Waals surface area (Å²) in [5.41, 5.74) is 2.44. The minimum atomic E-state index is -0.374. The Hall–Kier alpha value is -3.61. The number of benzene rings is 1. The highest BCUT2D eigenvalue weighted by molar-refractivity contribution is 5.96. The van der Waals surface area contributed by atoms with Gasteiger partial charge >= 0.3 is 0 Å². The molecule has 2 N–H and O–H groups in total. The van der Waals surface area contributed by atoms with E-state index >= 15 is 0 Å². The molecule has 0 aliphatic rings. The Morgan fingerprint density at radius 3 is 2.72 bits per heavy atom. The molecule has 7 heteroatoms. The quantitative estimate of drug-likeness (QED) is 0.606. The Morgan fingerprint density at radius 1 is 1.17 bits per heavy atom. The summed E-state index contributed by atoms with van der Waals surface area (Å²) in [6, 6.07) is 11.4. The van der Waals surface area contributed by atoms with Gasteiger partial charge in [0.2, 0.25) is 0 Å². The number of carbonyl (C=O) groups excluding carboxylic acids is 1. The van der Waals surface area contributed by atoms with E-state index in [2.05, 4.69) is 10.3 Å². The Morgan fingerprint density at radius 2 is 2.00 bits per heavy atom. The SMILES string of the molecule is CC(=N)CNC(=O)c1cncc(Cc2ccc(Cn3ccccc3=O)cc2F)c1. The third kappa shape index (κ3) is 5.44. The number of hydrogen-bond acceptors (Lipinski definition) is 4. The smallest absolute Gasteiger partial charge is 0.253 e. The first kappa shape index (κ1) is 20.1. The first-order valence-electron chi connectivity index (χ1n) is 9.11. The number of nitrogens with zero attached hydrogens (tertiary/aromatic N) is 2. The molecule has 0 radical (unpaired) electrons. The fraction of sp³-hybridized carbons (Fsp3) is 0.182. The van der Waals surface area contributed by atoms with Gasteiger partial charge in [0.1, 0.15) is 5.82 Å². The molecule has 0 unspecified atom stereocenters. The standard InChI is InChI=1S/C22H21FN4O2/c1-15(24)11-26-22(29)19-9-17(12-25-13-19)8-18-6-5-16(10-20(18)23)14-27-7-3-2-4-21(27)28/h2-7,9-10,12-13,24H,8,11,14H2,1H3,(H,26,29). The molecule has 6 nitrogen and oxygen atoms in total. The molecule has 3 rings (SSSR count). The van der Waals surface area contributed by atoms with E-state index in [1.54, 1.807) is 49.6 Å². The highest BCUT2D eigenvalue weighted by atomic mass is 19.1. The second-order valence-electron chi connectivity index (χ2n) is 6.81. The van der Waals surface area contributed by atoms with Gasteiger partial charge in [0.05, 0.1) is 18.7 Å². The Balaban J connectivity index is 1.73. The van der Waals surface area contributed by atoms with Crippen LogP contribution in [0.1, 0.15) is 34.0 Å². The van der Waals surface area contributed by atoms with Gasteiger partial charge in [-0.1, -0.05) is 18.2 Å². The van der Waals surface area contributed by atoms with E-state index < -0.39 is 0 Å². The molecular formula is C22H21FN4O2. The van der Waals surface area contributed by atoms with Crippen molar-refractivity contribution >= 4 is 11.6 Å². The van der Waals surface area contributed by atoms with E-state index in [0.717, 1.165) is 0 Å². The van der Waals surface area contributed by atoms with Gasteiger partial charge in [-0.15, -0.1) is 0 Å². The van der Waals surface area contributed by atoms with Crippen molar-refractivity contribution in [3.05, 3.63) is 99.5 Å². The number of carbonyl (C=O) groups is 1. The van der Waals surface area contributed by atoms with Gasteiger partial charge < -0.3 is 15.3 Å². The van der Waals surface area contributed by atoms with Crippen LogP contribution < -0.4 is 10.9 Å². The zero-order chi connectivity index (χ0) is 20.8. The van der Waals surface area contributed by atoms with Gasteiger partial charge in [-0.25, -0.2) is 4.39 Å². The van der Waals surface area contributed by atoms with E-state index in [4.69, 9.17) is 5.41 Å². The molecule has 1 aromatic carbocycles. The molecule has 0 aliphatic carbocycles. The van der Waals surface area contributed by atoms with Crippen LogP contribution in [0.25, 0.3) is 0 Å². The predicted molar refractivity (Wildman–Crippen MR) is 109 cm³/mol. The lowest BCUT2D eigenvalue weighted by atomic mass is 10.0. The molecule has 1 amide bonds. The van der Waals surface area contributed by atoms with E-state index in [1.165, 1.54) is 22.9 Å². The van der Waals surface area contributed by atoms with E-state index in [1.807, 2.05) is 0 Å². The summed E-state index contributed by atoms with van der Waals surface area (Å²) in [6.07, 6.45) is 4.98. The highest BCUT2D eigenvalue weighted by Gasteiger charge is 2.10. The van der Waals surface area contributed by atoms with Crippen LogP contribution in [0.2, 0.25) is 0 Å². The maximum Gasteiger partial charge on any atom is 0.253 e. The maximum atomic E-state index is 14.6. The van der Waals surface area contributed by atoms with Gasteiger partial charge in [-0.2, -0.15) is 0 Å². The van der Waals surface area contributed by atoms with Crippen molar-refractivity contribution in [1.29, 1.82) is 5.41 Å². The molecule has 0 bridgehead atoms. The number of aromatic nitrogens is 2. The summed E-state index contributed by atoms with van der Waals surface area (Å²) >= 11 is 0. The molecule has 0 saturated carbocycles. The third-order valence-electron chi connectivity index (χ3n) is 4.34. The molecule has 0 fully saturated rings. The summed E-state index contributed by atoms with van der Waals surface area (Å²) in [4.78, 5) is 28.0. The molecule has 0 spiro atoms. The van der Waals surface area contributed by atoms with E-state index in [9.17, 15) is 14.0 Å². The summed E-state index contributed by atoms with van der Waals surface area (Å²) in [6.45, 7) is 2.07. The number of rotatable bonds is 7. The zero-order valence-corrected chi connectivity index (χ0v) is 16.0. The van der Waals surface area contributed by atoms with E-state index in [-0.39, 0.29) is 30.2 Å². The van der Waals surface area contributed by atoms with Crippen LogP contribution in [0.4, 0.5) is 4.39 Å². The molecule has 3 aromatic rings. The maximum absolute atomic E-state index is 14.6. The number of halogens is 1. The Bertz CT molecular complexity index is 1110. The number of amides is 1. The zero-order valence-electron chi connectivity index (χ0n) is 16.0. The minimum Gasteiger partial charge on any atom is -0.347 e. The third-order valence-corrected chi connectivity index (χ3v) is 4.34. The molecule has 29 heavy (non-hydrogen) atoms. The van der Waals surface area contributed by atoms with Crippen molar-refractivity contribution < 1.29 is 9.18 Å². The van der Waals surface area contributed by atoms with Crippen molar-refractivity contribution in [3.8, 4) is 0 Å². The van der Waals surface area contributed by atoms with Crippen LogP contribution >= 0.6 is 0 Å². The van der Waals surface area contributed by atoms with Crippen LogP contribution in [-0.4, -0.2) is 27.7 Å². The van der Waals surface area contributed by atoms with Crippen LogP contribution in [-0.2, 0) is 13.0 Å². The second kappa shape index (κ2) is 9.05. The van der Waals surface area contributed by atoms with Crippen molar-refractivity contribution in [1.82, 2.24) is 14.9 Å². The monoisotopic (exact) mass is 392 g/mol. The number of nitrogens with one attached hydrogen (secondary N) is 2. The van der Waals surface area contributed by atoms with Crippen molar-refractivity contribution in [2.24, 2.45) is 0 Å². The van der Waals surface area contributed by atoms with Gasteiger partial charge in [0, 0.05) is 36.8 Å². The lowest BCUT2D eigenvalue weighted by Gasteiger charge is -2.09. The molecule has 2 aromatic heterocycles. The van der Waals surface area contributed by atoms with Crippen LogP contribution in [0.15, 0.2) is 65.8 Å². The van der Waals surface area contributed by atoms with Crippen LogP contribution in [0.5, 0.6) is 0 Å². The van der Waals surface area contributed by atoms with Crippen molar-refractivity contribution in [2.75, 3.05) is 6.54 Å². The minimum absolute atomic E-state index is 0.142. The molecule has 148 valence electrons. The fourth-order valence-corrected chi connectivity index (χ4v) is 2.86. The summed E-state index contributed by atoms with van der Waals surface area (Å²) in [5, 5.41) is 10.0. The van der Waals surface area contributed by atoms with Gasteiger partial charge in [-0.3, -0.25) is 14.6 Å². The Labute approximate surface area is 167 Å². The summed E-state index contributed by atoms with van der Waals surface area (Å²) < 4.78 is 16.1. The first-order valence-corrected chi connectivity index (χ1v) is 9.11. The second-order valence-corrected chi connectivity index (χ2v) is 6.81. The molecule has 2 heterocycles. The van der Waals surface area contributed by atoms with Gasteiger partial charge in [0.25, 0.3) is 11.5 Å². The molecule has 0 atom stereocenters. The Kier molecular flexibility index (Phi) is 6.29. The fourth-order valence-electron chi connectivity index (χ4n) is 2.86. The number of hydrogen-bond donors (Lipinski definition) is 2. The lowest BCUT2D eigenvalue weighted by Crippen LogP contribution is -2.28. The van der Waals surface area contributed by atoms with Gasteiger partial charge in [-0.05, 0) is 41.8 Å². The average Bonchev–Trinajstić information content (AvgIpc) is 2.70. The predicted octanol–water partition coefficient (Wildman–Crippen LogP) is 2.79. The van der Waals surface area contributed by atoms with Crippen molar-refractivity contribution in [2.45, 2.75) is 19.9 Å². The number of pyridine rings is 2. The van der Waals surface area contributed by atoms with Gasteiger partial charge in [0.15, 0.2) is 0 Å². The van der Waals surface area contributed by atoms with E-state index in [0.29, 0.717) is 34.5 Å². The summed E-state index contributed by atoms with van der Waals surface area (Å²) in [7, 11) is 0. The largest absolute Gasteiger partial charge is 0.347 e. The molecule has 0 saturated heterocycles. The van der Waals surface area contributed by atoms with Crippen LogP contribution in [0, 0.1) is 11.2 Å². The first-order chi connectivity index (χ1) is 13.9.